The van der Waals surface area contributed by atoms with Crippen LogP contribution in [-0.2, 0) is 0 Å². The first-order valence-electron chi connectivity index (χ1n) is 13.7. The smallest absolute Gasteiger partial charge is 0.229 e. The molecule has 0 N–H and O–H groups in total. The maximum absolute atomic E-state index is 15.2. The van der Waals surface area contributed by atoms with E-state index >= 15 is 17.6 Å². The molecule has 2 heterocycles. The Morgan fingerprint density at radius 3 is 1.08 bits per heavy atom. The average molecular weight is 753 g/mol. The fourth-order valence-corrected chi connectivity index (χ4v) is 5.00. The summed E-state index contributed by atoms with van der Waals surface area (Å²) in [4.78, 5) is 8.39. The highest BCUT2D eigenvalue weighted by atomic mass is 19.2. The van der Waals surface area contributed by atoms with Gasteiger partial charge in [-0.3, -0.25) is 0 Å². The van der Waals surface area contributed by atoms with Gasteiger partial charge in [0.15, 0.2) is 69.8 Å². The topological polar surface area (TPSA) is 54.2 Å². The van der Waals surface area contributed by atoms with Gasteiger partial charge in [-0.1, -0.05) is 0 Å². The summed E-state index contributed by atoms with van der Waals surface area (Å²) in [6.45, 7) is 0. The van der Waals surface area contributed by atoms with Gasteiger partial charge in [-0.05, 0) is 12.1 Å². The molecule has 2 aromatic heterocycles. The number of aliphatic imine (C=N–C) groups is 2. The van der Waals surface area contributed by atoms with Crippen LogP contribution >= 0.6 is 0 Å². The molecule has 0 unspecified atom stereocenters. The monoisotopic (exact) mass is 753 g/mol. The van der Waals surface area contributed by atoms with Gasteiger partial charge in [0.05, 0.1) is 34.2 Å². The van der Waals surface area contributed by atoms with Crippen molar-refractivity contribution >= 4 is 46.3 Å². The SMILES string of the molecule is CN(C)/C=N/c1oc2cc3c(-c4c(F)c(F)c(F)c(F)c4F)c(/N=C/c4c(F)c(F)c(F)c(F)c4F)oc3cc2c1-c1c(F)c(F)c(F)c(F)c1F. The van der Waals surface area contributed by atoms with E-state index in [0.29, 0.717) is 12.1 Å². The highest BCUT2D eigenvalue weighted by Gasteiger charge is 2.34. The van der Waals surface area contributed by atoms with Crippen LogP contribution in [0.4, 0.5) is 77.6 Å². The number of nitrogens with zero attached hydrogens (tertiary/aromatic N) is 3. The van der Waals surface area contributed by atoms with Gasteiger partial charge < -0.3 is 13.7 Å². The summed E-state index contributed by atoms with van der Waals surface area (Å²) in [5.41, 5.74) is -8.80. The normalized spacial score (nSPS) is 12.2. The summed E-state index contributed by atoms with van der Waals surface area (Å²) in [5.74, 6) is -39.5. The second-order valence-corrected chi connectivity index (χ2v) is 10.7. The maximum atomic E-state index is 15.2. The average Bonchev–Trinajstić information content (AvgIpc) is 3.64. The second-order valence-electron chi connectivity index (χ2n) is 10.7. The molecule has 6 rings (SSSR count). The summed E-state index contributed by atoms with van der Waals surface area (Å²) in [6.07, 6.45) is 0.839. The standard InChI is InChI=1S/C32H10F15N3O2/c1-50(2)6-49-32-13(15-20(37)26(43)30(47)27(44)21(15)38)8-4-10-7(3-11(8)52-32)12(14-18(35)24(41)29(46)25(42)19(14)36)31(51-10)48-5-9-16(33)22(39)28(45)23(40)17(9)34/h3-6H,1-2H3/b48-5+,49-6+. The summed E-state index contributed by atoms with van der Waals surface area (Å²) < 4.78 is 227. The Kier molecular flexibility index (Phi) is 8.74. The first-order valence-corrected chi connectivity index (χ1v) is 13.7. The van der Waals surface area contributed by atoms with Crippen LogP contribution in [0.5, 0.6) is 0 Å². The molecule has 0 aliphatic heterocycles. The number of hydrogen-bond donors (Lipinski definition) is 0. The number of fused-ring (bicyclic) bond motifs is 2. The fraction of sp³-hybridized carbons (Fsp3) is 0.0625. The number of furan rings is 2. The van der Waals surface area contributed by atoms with Gasteiger partial charge in [0, 0.05) is 31.1 Å². The molecular weight excluding hydrogens is 743 g/mol. The van der Waals surface area contributed by atoms with Crippen LogP contribution in [-0.4, -0.2) is 31.5 Å². The number of rotatable bonds is 6. The molecule has 0 amide bonds. The zero-order valence-corrected chi connectivity index (χ0v) is 25.1. The van der Waals surface area contributed by atoms with E-state index in [2.05, 4.69) is 9.98 Å². The van der Waals surface area contributed by atoms with Crippen molar-refractivity contribution in [2.24, 2.45) is 9.98 Å². The van der Waals surface area contributed by atoms with Gasteiger partial charge in [-0.2, -0.15) is 0 Å². The van der Waals surface area contributed by atoms with Crippen molar-refractivity contribution in [3.63, 3.8) is 0 Å². The van der Waals surface area contributed by atoms with E-state index in [1.54, 1.807) is 0 Å². The quantitative estimate of drug-likeness (QED) is 0.0560. The Labute approximate surface area is 277 Å². The molecule has 0 aliphatic carbocycles. The van der Waals surface area contributed by atoms with Crippen molar-refractivity contribution in [3.8, 4) is 22.3 Å². The molecular formula is C32H10F15N3O2. The van der Waals surface area contributed by atoms with E-state index in [1.165, 1.54) is 19.0 Å². The minimum atomic E-state index is -2.64. The minimum Gasteiger partial charge on any atom is -0.438 e. The molecule has 0 fully saturated rings. The summed E-state index contributed by atoms with van der Waals surface area (Å²) >= 11 is 0. The Bertz CT molecular complexity index is 2490. The molecule has 20 heteroatoms. The van der Waals surface area contributed by atoms with E-state index in [-0.39, 0.29) is 6.21 Å². The van der Waals surface area contributed by atoms with Crippen molar-refractivity contribution in [2.45, 2.75) is 0 Å². The molecule has 6 aromatic rings. The van der Waals surface area contributed by atoms with Crippen LogP contribution in [0.1, 0.15) is 5.56 Å². The summed E-state index contributed by atoms with van der Waals surface area (Å²) in [5, 5.41) is -1.37. The van der Waals surface area contributed by atoms with E-state index in [4.69, 9.17) is 8.83 Å². The molecule has 0 bridgehead atoms. The van der Waals surface area contributed by atoms with Crippen LogP contribution < -0.4 is 0 Å². The van der Waals surface area contributed by atoms with Gasteiger partial charge in [0.2, 0.25) is 29.2 Å². The molecule has 0 atom stereocenters. The minimum absolute atomic E-state index is 0.109. The van der Waals surface area contributed by atoms with Crippen molar-refractivity contribution in [1.82, 2.24) is 4.90 Å². The molecule has 0 saturated carbocycles. The van der Waals surface area contributed by atoms with Crippen LogP contribution in [0.2, 0.25) is 0 Å². The van der Waals surface area contributed by atoms with Gasteiger partial charge in [0.25, 0.3) is 0 Å². The fourth-order valence-electron chi connectivity index (χ4n) is 5.00. The van der Waals surface area contributed by atoms with Crippen LogP contribution in [0.15, 0.2) is 31.0 Å². The Hall–Kier alpha value is -5.95. The third-order valence-corrected chi connectivity index (χ3v) is 7.34. The predicted octanol–water partition coefficient (Wildman–Crippen LogP) is 10.6. The van der Waals surface area contributed by atoms with Crippen molar-refractivity contribution in [3.05, 3.63) is 105 Å². The molecule has 52 heavy (non-hydrogen) atoms. The first-order chi connectivity index (χ1) is 24.4. The van der Waals surface area contributed by atoms with E-state index in [0.717, 1.165) is 6.34 Å². The molecule has 0 spiro atoms. The zero-order valence-electron chi connectivity index (χ0n) is 25.1. The van der Waals surface area contributed by atoms with Crippen LogP contribution in [0.3, 0.4) is 0 Å². The third-order valence-electron chi connectivity index (χ3n) is 7.34. The molecule has 0 radical (unpaired) electrons. The second kappa shape index (κ2) is 12.7. The molecule has 5 nitrogen and oxygen atoms in total. The molecule has 270 valence electrons. The number of hydrogen-bond acceptors (Lipinski definition) is 4. The number of halogens is 15. The lowest BCUT2D eigenvalue weighted by Crippen LogP contribution is -2.07. The van der Waals surface area contributed by atoms with Gasteiger partial charge in [0.1, 0.15) is 11.2 Å². The van der Waals surface area contributed by atoms with E-state index in [1.807, 2.05) is 0 Å². The van der Waals surface area contributed by atoms with Crippen LogP contribution in [0, 0.1) is 87.3 Å². The van der Waals surface area contributed by atoms with Crippen LogP contribution in [0.25, 0.3) is 44.2 Å². The maximum Gasteiger partial charge on any atom is 0.229 e. The van der Waals surface area contributed by atoms with Gasteiger partial charge in [-0.25, -0.2) is 75.8 Å². The molecule has 0 saturated heterocycles. The Balaban J connectivity index is 1.75. The third kappa shape index (κ3) is 5.31. The largest absolute Gasteiger partial charge is 0.438 e. The van der Waals surface area contributed by atoms with Gasteiger partial charge in [-0.15, -0.1) is 0 Å². The first kappa shape index (κ1) is 35.9. The summed E-state index contributed by atoms with van der Waals surface area (Å²) in [6, 6.07) is 1.31. The lowest BCUT2D eigenvalue weighted by molar-refractivity contribution is 0.377. The van der Waals surface area contributed by atoms with E-state index < -0.39 is 149 Å². The predicted molar refractivity (Wildman–Crippen MR) is 152 cm³/mol. The Morgan fingerprint density at radius 1 is 0.423 bits per heavy atom. The molecule has 0 aliphatic rings. The zero-order chi connectivity index (χ0) is 38.2. The van der Waals surface area contributed by atoms with Crippen molar-refractivity contribution in [2.75, 3.05) is 14.1 Å². The number of benzene rings is 4. The highest BCUT2D eigenvalue weighted by Crippen LogP contribution is 2.49. The lowest BCUT2D eigenvalue weighted by atomic mass is 9.98. The van der Waals surface area contributed by atoms with Gasteiger partial charge >= 0.3 is 0 Å². The van der Waals surface area contributed by atoms with Crippen molar-refractivity contribution in [1.29, 1.82) is 0 Å². The lowest BCUT2D eigenvalue weighted by Gasteiger charge is -2.09. The van der Waals surface area contributed by atoms with Crippen molar-refractivity contribution < 1.29 is 74.7 Å². The Morgan fingerprint density at radius 2 is 0.731 bits per heavy atom. The van der Waals surface area contributed by atoms with E-state index in [9.17, 15) is 48.3 Å². The summed E-state index contributed by atoms with van der Waals surface area (Å²) in [7, 11) is 2.78. The highest BCUT2D eigenvalue weighted by molar-refractivity contribution is 6.11. The molecule has 4 aromatic carbocycles.